The number of piperazine rings is 1. The molecule has 3 atom stereocenters. The van der Waals surface area contributed by atoms with Gasteiger partial charge in [-0.3, -0.25) is 9.59 Å². The van der Waals surface area contributed by atoms with Crippen molar-refractivity contribution in [3.05, 3.63) is 29.8 Å². The highest BCUT2D eigenvalue weighted by Gasteiger charge is 2.34. The van der Waals surface area contributed by atoms with E-state index in [2.05, 4.69) is 5.32 Å². The zero-order valence-electron chi connectivity index (χ0n) is 16.3. The quantitative estimate of drug-likeness (QED) is 0.843. The first-order valence-corrected chi connectivity index (χ1v) is 9.61. The minimum Gasteiger partial charge on any atom is -0.481 e. The van der Waals surface area contributed by atoms with Gasteiger partial charge in [0, 0.05) is 32.7 Å². The van der Waals surface area contributed by atoms with Gasteiger partial charge < -0.3 is 24.6 Å². The van der Waals surface area contributed by atoms with E-state index in [-0.39, 0.29) is 24.0 Å². The minimum absolute atomic E-state index is 0.0453. The molecule has 2 heterocycles. The topological polar surface area (TPSA) is 71.1 Å². The molecule has 3 rings (SSSR count). The molecular formula is C20H29N3O4. The van der Waals surface area contributed by atoms with E-state index in [1.807, 2.05) is 43.0 Å². The number of hydrogen-bond acceptors (Lipinski definition) is 5. The molecule has 1 unspecified atom stereocenters. The molecule has 0 bridgehead atoms. The lowest BCUT2D eigenvalue weighted by Crippen LogP contribution is -2.60. The number of morpholine rings is 1. The summed E-state index contributed by atoms with van der Waals surface area (Å²) in [6, 6.07) is 7.37. The van der Waals surface area contributed by atoms with Crippen molar-refractivity contribution >= 4 is 11.8 Å². The fourth-order valence-electron chi connectivity index (χ4n) is 3.55. The fourth-order valence-corrected chi connectivity index (χ4v) is 3.55. The molecule has 148 valence electrons. The number of carbonyl (C=O) groups excluding carboxylic acids is 2. The highest BCUT2D eigenvalue weighted by Crippen LogP contribution is 2.16. The molecule has 0 aromatic heterocycles. The van der Waals surface area contributed by atoms with Gasteiger partial charge in [0.1, 0.15) is 11.8 Å². The molecule has 0 aliphatic carbocycles. The number of carbonyl (C=O) groups is 2. The van der Waals surface area contributed by atoms with Crippen molar-refractivity contribution in [2.45, 2.75) is 39.0 Å². The van der Waals surface area contributed by atoms with E-state index in [0.29, 0.717) is 45.1 Å². The van der Waals surface area contributed by atoms with Crippen LogP contribution in [0, 0.1) is 6.92 Å². The second-order valence-corrected chi connectivity index (χ2v) is 7.23. The van der Waals surface area contributed by atoms with Crippen LogP contribution >= 0.6 is 0 Å². The zero-order valence-corrected chi connectivity index (χ0v) is 16.3. The molecule has 0 spiro atoms. The van der Waals surface area contributed by atoms with Crippen LogP contribution in [-0.4, -0.2) is 79.2 Å². The Morgan fingerprint density at radius 3 is 2.59 bits per heavy atom. The summed E-state index contributed by atoms with van der Waals surface area (Å²) in [7, 11) is 0. The standard InChI is InChI=1S/C20H29N3O4/c1-14-5-4-6-17(13-14)27-16(3)19(24)22-8-10-23(11-9-22)20(25)18-15(2)26-12-7-21-18/h4-6,13,15-16,18,21H,7-12H2,1-3H3/t15-,16?,18+/m1/s1. The van der Waals surface area contributed by atoms with Crippen LogP contribution < -0.4 is 10.1 Å². The predicted molar refractivity (Wildman–Crippen MR) is 102 cm³/mol. The molecule has 1 aromatic carbocycles. The molecule has 0 radical (unpaired) electrons. The van der Waals surface area contributed by atoms with Gasteiger partial charge >= 0.3 is 0 Å². The number of nitrogens with zero attached hydrogens (tertiary/aromatic N) is 2. The number of amides is 2. The molecule has 2 saturated heterocycles. The van der Waals surface area contributed by atoms with E-state index < -0.39 is 6.10 Å². The average Bonchev–Trinajstić information content (AvgIpc) is 2.67. The third-order valence-corrected chi connectivity index (χ3v) is 5.14. The number of ether oxygens (including phenoxy) is 2. The molecule has 2 amide bonds. The van der Waals surface area contributed by atoms with Gasteiger partial charge in [-0.25, -0.2) is 0 Å². The van der Waals surface area contributed by atoms with E-state index in [4.69, 9.17) is 9.47 Å². The summed E-state index contributed by atoms with van der Waals surface area (Å²) < 4.78 is 11.4. The van der Waals surface area contributed by atoms with Crippen molar-refractivity contribution in [2.75, 3.05) is 39.3 Å². The molecule has 7 heteroatoms. The largest absolute Gasteiger partial charge is 0.481 e. The predicted octanol–water partition coefficient (Wildman–Crippen LogP) is 0.810. The average molecular weight is 375 g/mol. The van der Waals surface area contributed by atoms with Gasteiger partial charge in [-0.2, -0.15) is 0 Å². The van der Waals surface area contributed by atoms with Gasteiger partial charge in [0.15, 0.2) is 6.10 Å². The number of aryl methyl sites for hydroxylation is 1. The summed E-state index contributed by atoms with van der Waals surface area (Å²) in [6.45, 7) is 9.11. The third kappa shape index (κ3) is 4.78. The lowest BCUT2D eigenvalue weighted by Gasteiger charge is -2.39. The summed E-state index contributed by atoms with van der Waals surface area (Å²) in [6.07, 6.45) is -0.684. The Balaban J connectivity index is 1.50. The second-order valence-electron chi connectivity index (χ2n) is 7.23. The van der Waals surface area contributed by atoms with E-state index in [9.17, 15) is 9.59 Å². The number of nitrogens with one attached hydrogen (secondary N) is 1. The van der Waals surface area contributed by atoms with Crippen molar-refractivity contribution in [3.63, 3.8) is 0 Å². The van der Waals surface area contributed by atoms with Crippen molar-refractivity contribution in [3.8, 4) is 5.75 Å². The molecule has 27 heavy (non-hydrogen) atoms. The summed E-state index contributed by atoms with van der Waals surface area (Å²) >= 11 is 0. The number of benzene rings is 1. The molecular weight excluding hydrogens is 346 g/mol. The molecule has 0 saturated carbocycles. The summed E-state index contributed by atoms with van der Waals surface area (Å²) in [5.74, 6) is 0.705. The van der Waals surface area contributed by atoms with E-state index in [1.165, 1.54) is 0 Å². The van der Waals surface area contributed by atoms with Crippen LogP contribution in [0.2, 0.25) is 0 Å². The van der Waals surface area contributed by atoms with Crippen LogP contribution in [0.25, 0.3) is 0 Å². The van der Waals surface area contributed by atoms with Crippen molar-refractivity contribution < 1.29 is 19.1 Å². The lowest BCUT2D eigenvalue weighted by atomic mass is 10.1. The molecule has 2 aliphatic rings. The second kappa shape index (κ2) is 8.71. The van der Waals surface area contributed by atoms with Crippen LogP contribution in [0.4, 0.5) is 0 Å². The van der Waals surface area contributed by atoms with Crippen LogP contribution in [0.1, 0.15) is 19.4 Å². The first-order valence-electron chi connectivity index (χ1n) is 9.61. The molecule has 7 nitrogen and oxygen atoms in total. The summed E-state index contributed by atoms with van der Waals surface area (Å²) in [5.41, 5.74) is 1.09. The monoisotopic (exact) mass is 375 g/mol. The highest BCUT2D eigenvalue weighted by atomic mass is 16.5. The van der Waals surface area contributed by atoms with Crippen molar-refractivity contribution in [1.29, 1.82) is 0 Å². The lowest BCUT2D eigenvalue weighted by molar-refractivity contribution is -0.147. The Hall–Kier alpha value is -2.12. The third-order valence-electron chi connectivity index (χ3n) is 5.14. The van der Waals surface area contributed by atoms with Gasteiger partial charge in [-0.15, -0.1) is 0 Å². The first kappa shape index (κ1) is 19.6. The van der Waals surface area contributed by atoms with Crippen LogP contribution in [0.3, 0.4) is 0 Å². The van der Waals surface area contributed by atoms with Crippen molar-refractivity contribution in [1.82, 2.24) is 15.1 Å². The van der Waals surface area contributed by atoms with E-state index >= 15 is 0 Å². The minimum atomic E-state index is -0.553. The maximum Gasteiger partial charge on any atom is 0.263 e. The number of hydrogen-bond donors (Lipinski definition) is 1. The Morgan fingerprint density at radius 1 is 1.22 bits per heavy atom. The maximum absolute atomic E-state index is 12.7. The Morgan fingerprint density at radius 2 is 1.93 bits per heavy atom. The summed E-state index contributed by atoms with van der Waals surface area (Å²) in [5, 5.41) is 3.23. The molecule has 2 aliphatic heterocycles. The Kier molecular flexibility index (Phi) is 6.34. The Bertz CT molecular complexity index is 673. The maximum atomic E-state index is 12.7. The van der Waals surface area contributed by atoms with E-state index in [1.54, 1.807) is 11.8 Å². The van der Waals surface area contributed by atoms with Gasteiger partial charge in [-0.05, 0) is 38.5 Å². The Labute approximate surface area is 160 Å². The summed E-state index contributed by atoms with van der Waals surface area (Å²) in [4.78, 5) is 29.0. The molecule has 1 N–H and O–H groups in total. The van der Waals surface area contributed by atoms with Crippen LogP contribution in [0.5, 0.6) is 5.75 Å². The van der Waals surface area contributed by atoms with Crippen molar-refractivity contribution in [2.24, 2.45) is 0 Å². The van der Waals surface area contributed by atoms with Gasteiger partial charge in [0.2, 0.25) is 5.91 Å². The van der Waals surface area contributed by atoms with E-state index in [0.717, 1.165) is 5.56 Å². The number of rotatable bonds is 4. The highest BCUT2D eigenvalue weighted by molar-refractivity contribution is 5.84. The zero-order chi connectivity index (χ0) is 19.4. The van der Waals surface area contributed by atoms with Crippen LogP contribution in [0.15, 0.2) is 24.3 Å². The van der Waals surface area contributed by atoms with Crippen LogP contribution in [-0.2, 0) is 14.3 Å². The van der Waals surface area contributed by atoms with Gasteiger partial charge in [0.05, 0.1) is 12.7 Å². The fraction of sp³-hybridized carbons (Fsp3) is 0.600. The smallest absolute Gasteiger partial charge is 0.263 e. The molecule has 1 aromatic rings. The molecule has 2 fully saturated rings. The van der Waals surface area contributed by atoms with Gasteiger partial charge in [0.25, 0.3) is 5.91 Å². The first-order chi connectivity index (χ1) is 13.0. The van der Waals surface area contributed by atoms with Gasteiger partial charge in [-0.1, -0.05) is 12.1 Å². The normalized spacial score (nSPS) is 24.4. The SMILES string of the molecule is Cc1cccc(OC(C)C(=O)N2CCN(C(=O)[C@H]3NCCO[C@@H]3C)CC2)c1.